The number of carbonyl (C=O) groups is 2. The molecule has 1 aliphatic rings. The zero-order valence-corrected chi connectivity index (χ0v) is 14.9. The minimum atomic E-state index is -3.94. The second-order valence-electron chi connectivity index (χ2n) is 6.09. The second kappa shape index (κ2) is 6.80. The minimum Gasteiger partial charge on any atom is -0.478 e. The van der Waals surface area contributed by atoms with Crippen LogP contribution >= 0.6 is 0 Å². The molecule has 0 saturated carbocycles. The quantitative estimate of drug-likeness (QED) is 0.837. The van der Waals surface area contributed by atoms with Crippen LogP contribution in [0.15, 0.2) is 47.4 Å². The summed E-state index contributed by atoms with van der Waals surface area (Å²) in [5.74, 6) is -1.14. The van der Waals surface area contributed by atoms with E-state index in [0.717, 1.165) is 18.2 Å². The number of rotatable bonds is 5. The van der Waals surface area contributed by atoms with Gasteiger partial charge in [0.05, 0.1) is 10.5 Å². The standard InChI is InChI=1S/C18H18N2O5S/c1-12-4-5-13(18(22)23)11-16(12)26(24,25)19-14-6-8-15(9-7-14)20-10-2-3-17(20)21/h4-9,11,19H,2-3,10H2,1H3,(H,22,23). The number of amides is 1. The topological polar surface area (TPSA) is 104 Å². The summed E-state index contributed by atoms with van der Waals surface area (Å²) in [5.41, 5.74) is 1.40. The third kappa shape index (κ3) is 3.55. The van der Waals surface area contributed by atoms with E-state index in [2.05, 4.69) is 4.72 Å². The first-order valence-corrected chi connectivity index (χ1v) is 9.53. The molecule has 2 aromatic carbocycles. The maximum absolute atomic E-state index is 12.6. The normalized spacial score (nSPS) is 14.5. The summed E-state index contributed by atoms with van der Waals surface area (Å²) in [4.78, 5) is 24.4. The Hall–Kier alpha value is -2.87. The highest BCUT2D eigenvalue weighted by Crippen LogP contribution is 2.25. The molecule has 0 radical (unpaired) electrons. The van der Waals surface area contributed by atoms with Crippen LogP contribution in [0.25, 0.3) is 0 Å². The van der Waals surface area contributed by atoms with Gasteiger partial charge in [-0.15, -0.1) is 0 Å². The van der Waals surface area contributed by atoms with E-state index in [4.69, 9.17) is 5.11 Å². The van der Waals surface area contributed by atoms with Gasteiger partial charge in [-0.25, -0.2) is 13.2 Å². The fourth-order valence-corrected chi connectivity index (χ4v) is 4.19. The highest BCUT2D eigenvalue weighted by molar-refractivity contribution is 7.92. The van der Waals surface area contributed by atoms with E-state index in [0.29, 0.717) is 24.2 Å². The number of hydrogen-bond donors (Lipinski definition) is 2. The molecule has 1 amide bonds. The van der Waals surface area contributed by atoms with Crippen molar-refractivity contribution in [2.75, 3.05) is 16.2 Å². The first-order valence-electron chi connectivity index (χ1n) is 8.05. The van der Waals surface area contributed by atoms with Crippen molar-refractivity contribution in [3.05, 3.63) is 53.6 Å². The first kappa shape index (κ1) is 17.9. The average molecular weight is 374 g/mol. The molecule has 0 spiro atoms. The fraction of sp³-hybridized carbons (Fsp3) is 0.222. The number of carbonyl (C=O) groups excluding carboxylic acids is 1. The van der Waals surface area contributed by atoms with Crippen molar-refractivity contribution in [3.8, 4) is 0 Å². The van der Waals surface area contributed by atoms with Crippen molar-refractivity contribution in [2.45, 2.75) is 24.7 Å². The molecule has 0 aromatic heterocycles. The van der Waals surface area contributed by atoms with Crippen molar-refractivity contribution in [1.82, 2.24) is 0 Å². The maximum Gasteiger partial charge on any atom is 0.335 e. The minimum absolute atomic E-state index is 0.0550. The Morgan fingerprint density at radius 3 is 2.42 bits per heavy atom. The van der Waals surface area contributed by atoms with Crippen LogP contribution in [0.5, 0.6) is 0 Å². The molecule has 1 saturated heterocycles. The lowest BCUT2D eigenvalue weighted by atomic mass is 10.1. The van der Waals surface area contributed by atoms with E-state index in [1.165, 1.54) is 12.1 Å². The Morgan fingerprint density at radius 2 is 1.85 bits per heavy atom. The number of carboxylic acids is 1. The van der Waals surface area contributed by atoms with Crippen molar-refractivity contribution < 1.29 is 23.1 Å². The number of anilines is 2. The molecule has 0 atom stereocenters. The Balaban J connectivity index is 1.85. The van der Waals surface area contributed by atoms with Gasteiger partial charge in [-0.05, 0) is 55.3 Å². The molecule has 8 heteroatoms. The third-order valence-corrected chi connectivity index (χ3v) is 5.75. The third-order valence-electron chi connectivity index (χ3n) is 4.23. The highest BCUT2D eigenvalue weighted by Gasteiger charge is 2.22. The van der Waals surface area contributed by atoms with Crippen LogP contribution in [-0.2, 0) is 14.8 Å². The first-order chi connectivity index (χ1) is 12.3. The van der Waals surface area contributed by atoms with Crippen molar-refractivity contribution in [1.29, 1.82) is 0 Å². The molecule has 1 aliphatic heterocycles. The summed E-state index contributed by atoms with van der Waals surface area (Å²) in [6, 6.07) is 10.5. The zero-order chi connectivity index (χ0) is 18.9. The van der Waals surface area contributed by atoms with Crippen LogP contribution in [0.2, 0.25) is 0 Å². The number of nitrogens with zero attached hydrogens (tertiary/aromatic N) is 1. The van der Waals surface area contributed by atoms with Crippen LogP contribution < -0.4 is 9.62 Å². The van der Waals surface area contributed by atoms with E-state index < -0.39 is 16.0 Å². The summed E-state index contributed by atoms with van der Waals surface area (Å²) in [6.45, 7) is 2.26. The molecule has 3 rings (SSSR count). The Labute approximate surface area is 151 Å². The predicted molar refractivity (Wildman–Crippen MR) is 97.0 cm³/mol. The number of aryl methyl sites for hydroxylation is 1. The van der Waals surface area contributed by atoms with Crippen molar-refractivity contribution in [3.63, 3.8) is 0 Å². The smallest absolute Gasteiger partial charge is 0.335 e. The van der Waals surface area contributed by atoms with Gasteiger partial charge in [-0.2, -0.15) is 0 Å². The fourth-order valence-electron chi connectivity index (χ4n) is 2.86. The Morgan fingerprint density at radius 1 is 1.15 bits per heavy atom. The summed E-state index contributed by atoms with van der Waals surface area (Å²) in [6.07, 6.45) is 1.33. The van der Waals surface area contributed by atoms with Crippen molar-refractivity contribution >= 4 is 33.3 Å². The van der Waals surface area contributed by atoms with Crippen LogP contribution in [0.4, 0.5) is 11.4 Å². The molecule has 1 heterocycles. The van der Waals surface area contributed by atoms with Gasteiger partial charge in [0.25, 0.3) is 10.0 Å². The molecule has 136 valence electrons. The van der Waals surface area contributed by atoms with E-state index in [-0.39, 0.29) is 16.4 Å². The number of nitrogens with one attached hydrogen (secondary N) is 1. The molecule has 0 unspecified atom stereocenters. The van der Waals surface area contributed by atoms with Gasteiger partial charge in [0.2, 0.25) is 5.91 Å². The van der Waals surface area contributed by atoms with Gasteiger partial charge < -0.3 is 10.0 Å². The van der Waals surface area contributed by atoms with E-state index >= 15 is 0 Å². The number of sulfonamides is 1. The molecule has 0 aliphatic carbocycles. The summed E-state index contributed by atoms with van der Waals surface area (Å²) >= 11 is 0. The van der Waals surface area contributed by atoms with Gasteiger partial charge >= 0.3 is 5.97 Å². The number of aromatic carboxylic acids is 1. The van der Waals surface area contributed by atoms with Crippen LogP contribution in [0, 0.1) is 6.92 Å². The molecule has 7 nitrogen and oxygen atoms in total. The highest BCUT2D eigenvalue weighted by atomic mass is 32.2. The maximum atomic E-state index is 12.6. The lowest BCUT2D eigenvalue weighted by molar-refractivity contribution is -0.117. The van der Waals surface area contributed by atoms with Crippen LogP contribution in [-0.4, -0.2) is 31.9 Å². The largest absolute Gasteiger partial charge is 0.478 e. The van der Waals surface area contributed by atoms with Crippen LogP contribution in [0.3, 0.4) is 0 Å². The Kier molecular flexibility index (Phi) is 4.69. The molecule has 26 heavy (non-hydrogen) atoms. The summed E-state index contributed by atoms with van der Waals surface area (Å²) in [7, 11) is -3.94. The molecular formula is C18H18N2O5S. The van der Waals surface area contributed by atoms with E-state index in [9.17, 15) is 18.0 Å². The SMILES string of the molecule is Cc1ccc(C(=O)O)cc1S(=O)(=O)Nc1ccc(N2CCCC2=O)cc1. The van der Waals surface area contributed by atoms with E-state index in [1.807, 2.05) is 0 Å². The van der Waals surface area contributed by atoms with Crippen LogP contribution in [0.1, 0.15) is 28.8 Å². The van der Waals surface area contributed by atoms with Gasteiger partial charge in [0.15, 0.2) is 0 Å². The van der Waals surface area contributed by atoms with Gasteiger partial charge in [0.1, 0.15) is 0 Å². The molecule has 1 fully saturated rings. The van der Waals surface area contributed by atoms with Gasteiger partial charge in [-0.3, -0.25) is 9.52 Å². The number of hydrogen-bond acceptors (Lipinski definition) is 4. The molecule has 0 bridgehead atoms. The lowest BCUT2D eigenvalue weighted by Crippen LogP contribution is -2.23. The lowest BCUT2D eigenvalue weighted by Gasteiger charge is -2.16. The zero-order valence-electron chi connectivity index (χ0n) is 14.1. The molecule has 2 aromatic rings. The van der Waals surface area contributed by atoms with Gasteiger partial charge in [0, 0.05) is 24.3 Å². The van der Waals surface area contributed by atoms with Gasteiger partial charge in [-0.1, -0.05) is 6.07 Å². The van der Waals surface area contributed by atoms with E-state index in [1.54, 1.807) is 36.1 Å². The number of carboxylic acid groups (broad SMARTS) is 1. The molecular weight excluding hydrogens is 356 g/mol. The van der Waals surface area contributed by atoms with Crippen molar-refractivity contribution in [2.24, 2.45) is 0 Å². The number of benzene rings is 2. The summed E-state index contributed by atoms with van der Waals surface area (Å²) < 4.78 is 27.7. The molecule has 2 N–H and O–H groups in total. The average Bonchev–Trinajstić information content (AvgIpc) is 3.01. The predicted octanol–water partition coefficient (Wildman–Crippen LogP) is 2.62. The Bertz CT molecular complexity index is 968. The summed E-state index contributed by atoms with van der Waals surface area (Å²) in [5, 5.41) is 9.06. The monoisotopic (exact) mass is 374 g/mol. The second-order valence-corrected chi connectivity index (χ2v) is 7.74.